The van der Waals surface area contributed by atoms with E-state index >= 15 is 0 Å². The summed E-state index contributed by atoms with van der Waals surface area (Å²) in [5.41, 5.74) is 6.79. The van der Waals surface area contributed by atoms with Crippen LogP contribution < -0.4 is 5.73 Å². The van der Waals surface area contributed by atoms with Gasteiger partial charge in [-0.05, 0) is 50.6 Å². The van der Waals surface area contributed by atoms with E-state index in [2.05, 4.69) is 0 Å². The number of ether oxygens (including phenoxy) is 2. The zero-order valence-corrected chi connectivity index (χ0v) is 18.2. The lowest BCUT2D eigenvalue weighted by atomic mass is 10.1. The van der Waals surface area contributed by atoms with Crippen LogP contribution in [0.3, 0.4) is 0 Å². The van der Waals surface area contributed by atoms with Crippen molar-refractivity contribution in [2.45, 2.75) is 76.5 Å². The van der Waals surface area contributed by atoms with Gasteiger partial charge in [-0.3, -0.25) is 4.79 Å². The summed E-state index contributed by atoms with van der Waals surface area (Å²) in [6.07, 6.45) is 9.88. The van der Waals surface area contributed by atoms with Gasteiger partial charge in [0.25, 0.3) is 0 Å². The Morgan fingerprint density at radius 1 is 0.893 bits per heavy atom. The highest BCUT2D eigenvalue weighted by Crippen LogP contribution is 2.25. The third-order valence-corrected chi connectivity index (χ3v) is 5.45. The first-order chi connectivity index (χ1) is 13.6. The Labute approximate surface area is 173 Å². The van der Waals surface area contributed by atoms with Gasteiger partial charge in [-0.1, -0.05) is 38.5 Å². The van der Waals surface area contributed by atoms with Gasteiger partial charge in [0.05, 0.1) is 18.8 Å². The molecule has 0 aromatic heterocycles. The molecule has 5 nitrogen and oxygen atoms in total. The van der Waals surface area contributed by atoms with Crippen LogP contribution in [0.1, 0.15) is 82.0 Å². The number of nitrogens with two attached hydrogens (primary N) is 1. The van der Waals surface area contributed by atoms with E-state index in [0.29, 0.717) is 30.9 Å². The largest absolute Gasteiger partial charge is 0.466 e. The Hall–Kier alpha value is -1.69. The number of nitrogen functional groups attached to an aromatic ring is 1. The molecule has 1 aromatic rings. The third kappa shape index (κ3) is 10.6. The molecule has 0 saturated carbocycles. The van der Waals surface area contributed by atoms with Gasteiger partial charge in [0.1, 0.15) is 0 Å². The Morgan fingerprint density at radius 2 is 1.50 bits per heavy atom. The molecule has 0 fully saturated rings. The molecule has 2 N–H and O–H groups in total. The number of anilines is 1. The molecule has 1 rings (SSSR count). The maximum Gasteiger partial charge on any atom is 0.340 e. The minimum Gasteiger partial charge on any atom is -0.466 e. The van der Waals surface area contributed by atoms with Gasteiger partial charge in [0, 0.05) is 17.0 Å². The molecule has 0 radical (unpaired) electrons. The molecule has 0 aliphatic rings. The number of carbonyl (C=O) groups excluding carboxylic acids is 2. The molecule has 0 saturated heterocycles. The number of unbranched alkanes of at least 4 members (excludes halogenated alkanes) is 7. The van der Waals surface area contributed by atoms with Crippen LogP contribution in [-0.2, 0) is 14.3 Å². The van der Waals surface area contributed by atoms with Crippen molar-refractivity contribution >= 4 is 29.4 Å². The third-order valence-electron chi connectivity index (χ3n) is 4.37. The second kappa shape index (κ2) is 15.3. The smallest absolute Gasteiger partial charge is 0.340 e. The summed E-state index contributed by atoms with van der Waals surface area (Å²) in [5.74, 6) is 0.603. The zero-order valence-electron chi connectivity index (χ0n) is 17.3. The molecule has 0 aliphatic heterocycles. The first kappa shape index (κ1) is 24.3. The van der Waals surface area contributed by atoms with Gasteiger partial charge >= 0.3 is 11.9 Å². The molecule has 0 amide bonds. The maximum atomic E-state index is 11.9. The SMILES string of the molecule is CCOC(=O)CCCCCCCCCCSc1ccc(N)c(C(=O)OCC)c1. The van der Waals surface area contributed by atoms with Crippen LogP contribution in [0, 0.1) is 0 Å². The van der Waals surface area contributed by atoms with E-state index in [9.17, 15) is 9.59 Å². The van der Waals surface area contributed by atoms with Crippen molar-refractivity contribution in [1.29, 1.82) is 0 Å². The van der Waals surface area contributed by atoms with Crippen molar-refractivity contribution in [2.75, 3.05) is 24.7 Å². The highest BCUT2D eigenvalue weighted by atomic mass is 32.2. The Balaban J connectivity index is 2.06. The van der Waals surface area contributed by atoms with Crippen LogP contribution >= 0.6 is 11.8 Å². The van der Waals surface area contributed by atoms with Crippen molar-refractivity contribution in [1.82, 2.24) is 0 Å². The van der Waals surface area contributed by atoms with Crippen LogP contribution in [0.4, 0.5) is 5.69 Å². The Bertz CT molecular complexity index is 592. The molecule has 0 aliphatic carbocycles. The lowest BCUT2D eigenvalue weighted by Gasteiger charge is -2.08. The summed E-state index contributed by atoms with van der Waals surface area (Å²) in [4.78, 5) is 24.2. The van der Waals surface area contributed by atoms with Gasteiger partial charge in [0.2, 0.25) is 0 Å². The molecular weight excluding hydrogens is 374 g/mol. The predicted molar refractivity (Wildman–Crippen MR) is 116 cm³/mol. The number of thioether (sulfide) groups is 1. The molecule has 28 heavy (non-hydrogen) atoms. The summed E-state index contributed by atoms with van der Waals surface area (Å²) < 4.78 is 9.96. The number of benzene rings is 1. The first-order valence-electron chi connectivity index (χ1n) is 10.4. The monoisotopic (exact) mass is 409 g/mol. The fourth-order valence-corrected chi connectivity index (χ4v) is 3.82. The van der Waals surface area contributed by atoms with Crippen molar-refractivity contribution in [3.63, 3.8) is 0 Å². The standard InChI is InChI=1S/C22H35NO4S/c1-3-26-21(24)13-11-9-7-5-6-8-10-12-16-28-18-14-15-20(23)19(17-18)22(25)27-4-2/h14-15,17H,3-13,16,23H2,1-2H3. The Kier molecular flexibility index (Phi) is 13.3. The summed E-state index contributed by atoms with van der Waals surface area (Å²) >= 11 is 1.75. The van der Waals surface area contributed by atoms with Gasteiger partial charge in [-0.15, -0.1) is 11.8 Å². The molecular formula is C22H35NO4S. The van der Waals surface area contributed by atoms with Crippen LogP contribution in [0.5, 0.6) is 0 Å². The number of esters is 2. The van der Waals surface area contributed by atoms with Crippen LogP contribution in [-0.4, -0.2) is 30.9 Å². The average Bonchev–Trinajstić information content (AvgIpc) is 2.67. The first-order valence-corrected chi connectivity index (χ1v) is 11.4. The number of hydrogen-bond donors (Lipinski definition) is 1. The fourth-order valence-electron chi connectivity index (χ4n) is 2.87. The minimum atomic E-state index is -0.357. The number of carbonyl (C=O) groups is 2. The molecule has 0 heterocycles. The van der Waals surface area contributed by atoms with Crippen molar-refractivity contribution in [3.8, 4) is 0 Å². The molecule has 1 aromatic carbocycles. The quantitative estimate of drug-likeness (QED) is 0.175. The molecule has 6 heteroatoms. The van der Waals surface area contributed by atoms with E-state index in [1.54, 1.807) is 24.8 Å². The predicted octanol–water partition coefficient (Wildman–Crippen LogP) is 5.61. The van der Waals surface area contributed by atoms with Crippen molar-refractivity contribution in [2.24, 2.45) is 0 Å². The summed E-state index contributed by atoms with van der Waals surface area (Å²) in [6, 6.07) is 5.56. The number of hydrogen-bond acceptors (Lipinski definition) is 6. The summed E-state index contributed by atoms with van der Waals surface area (Å²) in [7, 11) is 0. The minimum absolute atomic E-state index is 0.0736. The molecule has 0 bridgehead atoms. The lowest BCUT2D eigenvalue weighted by molar-refractivity contribution is -0.143. The van der Waals surface area contributed by atoms with Crippen molar-refractivity contribution < 1.29 is 19.1 Å². The highest BCUT2D eigenvalue weighted by Gasteiger charge is 2.11. The molecule has 0 spiro atoms. The van der Waals surface area contributed by atoms with E-state index in [4.69, 9.17) is 15.2 Å². The van der Waals surface area contributed by atoms with Gasteiger partial charge < -0.3 is 15.2 Å². The van der Waals surface area contributed by atoms with Crippen LogP contribution in [0.25, 0.3) is 0 Å². The maximum absolute atomic E-state index is 11.9. The summed E-state index contributed by atoms with van der Waals surface area (Å²) in [6.45, 7) is 4.45. The van der Waals surface area contributed by atoms with E-state index in [0.717, 1.165) is 29.9 Å². The fraction of sp³-hybridized carbons (Fsp3) is 0.636. The Morgan fingerprint density at radius 3 is 2.14 bits per heavy atom. The second-order valence-corrected chi connectivity index (χ2v) is 7.87. The zero-order chi connectivity index (χ0) is 20.6. The van der Waals surface area contributed by atoms with Gasteiger partial charge in [-0.2, -0.15) is 0 Å². The van der Waals surface area contributed by atoms with E-state index in [1.165, 1.54) is 32.1 Å². The highest BCUT2D eigenvalue weighted by molar-refractivity contribution is 7.99. The molecule has 0 unspecified atom stereocenters. The van der Waals surface area contributed by atoms with Gasteiger partial charge in [0.15, 0.2) is 0 Å². The summed E-state index contributed by atoms with van der Waals surface area (Å²) in [5, 5.41) is 0. The van der Waals surface area contributed by atoms with E-state index in [1.807, 2.05) is 19.1 Å². The topological polar surface area (TPSA) is 78.6 Å². The molecule has 0 atom stereocenters. The normalized spacial score (nSPS) is 10.6. The van der Waals surface area contributed by atoms with E-state index in [-0.39, 0.29) is 11.9 Å². The van der Waals surface area contributed by atoms with Crippen LogP contribution in [0.2, 0.25) is 0 Å². The van der Waals surface area contributed by atoms with Crippen molar-refractivity contribution in [3.05, 3.63) is 23.8 Å². The average molecular weight is 410 g/mol. The second-order valence-electron chi connectivity index (χ2n) is 6.70. The van der Waals surface area contributed by atoms with Gasteiger partial charge in [-0.25, -0.2) is 4.79 Å². The lowest BCUT2D eigenvalue weighted by Crippen LogP contribution is -2.08. The molecule has 158 valence electrons. The number of rotatable bonds is 15. The van der Waals surface area contributed by atoms with Crippen LogP contribution in [0.15, 0.2) is 23.1 Å². The van der Waals surface area contributed by atoms with E-state index < -0.39 is 0 Å².